The lowest BCUT2D eigenvalue weighted by Gasteiger charge is -2.12. The zero-order valence-electron chi connectivity index (χ0n) is 12.6. The molecule has 0 unspecified atom stereocenters. The Bertz CT molecular complexity index is 592. The van der Waals surface area contributed by atoms with E-state index in [1.54, 1.807) is 18.3 Å². The molecule has 1 heterocycles. The maximum absolute atomic E-state index is 11.0. The van der Waals surface area contributed by atoms with Gasteiger partial charge in [0.15, 0.2) is 5.13 Å². The number of aromatic nitrogens is 1. The van der Waals surface area contributed by atoms with Crippen molar-refractivity contribution >= 4 is 22.4 Å². The summed E-state index contributed by atoms with van der Waals surface area (Å²) < 4.78 is 0. The Morgan fingerprint density at radius 1 is 1.33 bits per heavy atom. The van der Waals surface area contributed by atoms with Crippen molar-refractivity contribution in [1.29, 1.82) is 0 Å². The van der Waals surface area contributed by atoms with Crippen LogP contribution < -0.4 is 10.6 Å². The average Bonchev–Trinajstić information content (AvgIpc) is 2.94. The molecule has 2 aromatic rings. The number of thiazole rings is 1. The highest BCUT2D eigenvalue weighted by Crippen LogP contribution is 2.25. The predicted molar refractivity (Wildman–Crippen MR) is 88.7 cm³/mol. The molecule has 4 nitrogen and oxygen atoms in total. The molecule has 1 aromatic carbocycles. The molecular weight excluding hydrogens is 282 g/mol. The number of carbonyl (C=O) groups excluding carboxylic acids is 1. The first-order valence-corrected chi connectivity index (χ1v) is 7.96. The van der Waals surface area contributed by atoms with Gasteiger partial charge in [0, 0.05) is 31.0 Å². The highest BCUT2D eigenvalue weighted by atomic mass is 32.1. The molecule has 5 heteroatoms. The first-order chi connectivity index (χ1) is 10.1. The van der Waals surface area contributed by atoms with Crippen LogP contribution in [0.25, 0.3) is 11.3 Å². The molecule has 0 aliphatic carbocycles. The van der Waals surface area contributed by atoms with Crippen molar-refractivity contribution in [2.45, 2.75) is 32.7 Å². The fourth-order valence-corrected chi connectivity index (χ4v) is 2.85. The van der Waals surface area contributed by atoms with Crippen molar-refractivity contribution in [2.24, 2.45) is 0 Å². The van der Waals surface area contributed by atoms with Gasteiger partial charge in [0.2, 0.25) is 5.91 Å². The van der Waals surface area contributed by atoms with Gasteiger partial charge in [-0.1, -0.05) is 24.3 Å². The van der Waals surface area contributed by atoms with E-state index in [0.717, 1.165) is 29.2 Å². The quantitative estimate of drug-likeness (QED) is 0.861. The van der Waals surface area contributed by atoms with E-state index in [4.69, 9.17) is 0 Å². The van der Waals surface area contributed by atoms with E-state index in [1.807, 2.05) is 14.0 Å². The fourth-order valence-electron chi connectivity index (χ4n) is 2.17. The average molecular weight is 303 g/mol. The molecule has 1 aromatic heterocycles. The van der Waals surface area contributed by atoms with E-state index in [9.17, 15) is 4.79 Å². The van der Waals surface area contributed by atoms with Crippen LogP contribution in [0.5, 0.6) is 0 Å². The first kappa shape index (κ1) is 15.5. The third kappa shape index (κ3) is 4.56. The number of carbonyl (C=O) groups is 1. The lowest BCUT2D eigenvalue weighted by atomic mass is 10.0. The molecule has 112 valence electrons. The van der Waals surface area contributed by atoms with Crippen LogP contribution in [0.15, 0.2) is 29.6 Å². The second-order valence-electron chi connectivity index (χ2n) is 5.13. The Hall–Kier alpha value is -1.88. The second-order valence-corrected chi connectivity index (χ2v) is 5.98. The van der Waals surface area contributed by atoms with Crippen LogP contribution in [0, 0.1) is 0 Å². The van der Waals surface area contributed by atoms with Crippen LogP contribution in [0.2, 0.25) is 0 Å². The predicted octanol–water partition coefficient (Wildman–Crippen LogP) is 3.31. The van der Waals surface area contributed by atoms with Crippen LogP contribution in [-0.2, 0) is 11.2 Å². The van der Waals surface area contributed by atoms with Gasteiger partial charge in [0.25, 0.3) is 0 Å². The van der Waals surface area contributed by atoms with Gasteiger partial charge < -0.3 is 10.6 Å². The summed E-state index contributed by atoms with van der Waals surface area (Å²) in [5.74, 6) is 0.0294. The normalized spacial score (nSPS) is 12.0. The lowest BCUT2D eigenvalue weighted by Crippen LogP contribution is -2.30. The summed E-state index contributed by atoms with van der Waals surface area (Å²) in [6.07, 6.45) is 1.90. The molecule has 0 aliphatic heterocycles. The van der Waals surface area contributed by atoms with Crippen LogP contribution in [0.3, 0.4) is 0 Å². The van der Waals surface area contributed by atoms with Gasteiger partial charge in [0.05, 0.1) is 5.69 Å². The number of nitrogens with zero attached hydrogens (tertiary/aromatic N) is 1. The van der Waals surface area contributed by atoms with Gasteiger partial charge in [-0.3, -0.25) is 4.79 Å². The minimum absolute atomic E-state index is 0.0294. The molecule has 0 bridgehead atoms. The maximum Gasteiger partial charge on any atom is 0.217 e. The molecule has 0 saturated heterocycles. The van der Waals surface area contributed by atoms with Gasteiger partial charge in [-0.2, -0.15) is 0 Å². The van der Waals surface area contributed by atoms with Crippen molar-refractivity contribution in [3.63, 3.8) is 0 Å². The zero-order chi connectivity index (χ0) is 15.2. The van der Waals surface area contributed by atoms with Crippen LogP contribution in [0.4, 0.5) is 5.13 Å². The van der Waals surface area contributed by atoms with E-state index < -0.39 is 0 Å². The zero-order valence-corrected chi connectivity index (χ0v) is 13.5. The molecule has 1 atom stereocenters. The molecule has 1 amide bonds. The lowest BCUT2D eigenvalue weighted by molar-refractivity contribution is -0.119. The number of nitrogens with one attached hydrogen (secondary N) is 2. The van der Waals surface area contributed by atoms with Crippen molar-refractivity contribution in [2.75, 3.05) is 12.4 Å². The Balaban J connectivity index is 1.94. The summed E-state index contributed by atoms with van der Waals surface area (Å²) in [5.41, 5.74) is 3.41. The van der Waals surface area contributed by atoms with Gasteiger partial charge in [-0.25, -0.2) is 4.98 Å². The summed E-state index contributed by atoms with van der Waals surface area (Å²) in [7, 11) is 1.88. The van der Waals surface area contributed by atoms with Gasteiger partial charge in [-0.05, 0) is 25.3 Å². The Morgan fingerprint density at radius 3 is 2.62 bits per heavy atom. The number of hydrogen-bond donors (Lipinski definition) is 2. The molecule has 2 N–H and O–H groups in total. The molecule has 0 spiro atoms. The summed E-state index contributed by atoms with van der Waals surface area (Å²) >= 11 is 1.61. The summed E-state index contributed by atoms with van der Waals surface area (Å²) in [5, 5.41) is 8.94. The highest BCUT2D eigenvalue weighted by Gasteiger charge is 2.06. The molecule has 0 radical (unpaired) electrons. The summed E-state index contributed by atoms with van der Waals surface area (Å²) in [6.45, 7) is 3.59. The van der Waals surface area contributed by atoms with Gasteiger partial charge in [0.1, 0.15) is 0 Å². The van der Waals surface area contributed by atoms with Gasteiger partial charge in [-0.15, -0.1) is 11.3 Å². The van der Waals surface area contributed by atoms with Crippen molar-refractivity contribution in [1.82, 2.24) is 10.3 Å². The second kappa shape index (κ2) is 7.22. The summed E-state index contributed by atoms with van der Waals surface area (Å²) in [4.78, 5) is 15.5. The molecular formula is C16H21N3OS. The van der Waals surface area contributed by atoms with Crippen LogP contribution >= 0.6 is 11.3 Å². The third-order valence-corrected chi connectivity index (χ3v) is 4.14. The number of rotatable bonds is 6. The summed E-state index contributed by atoms with van der Waals surface area (Å²) in [6, 6.07) is 8.68. The topological polar surface area (TPSA) is 54.0 Å². The third-order valence-electron chi connectivity index (χ3n) is 3.28. The Labute approximate surface area is 129 Å². The number of amides is 1. The molecule has 0 fully saturated rings. The smallest absolute Gasteiger partial charge is 0.217 e. The highest BCUT2D eigenvalue weighted by molar-refractivity contribution is 7.14. The molecule has 2 rings (SSSR count). The van der Waals surface area contributed by atoms with Crippen molar-refractivity contribution in [3.05, 3.63) is 35.2 Å². The monoisotopic (exact) mass is 303 g/mol. The SMILES string of the molecule is CNc1nc(-c2ccc(CC[C@H](C)NC(C)=O)cc2)cs1. The van der Waals surface area contributed by atoms with E-state index in [2.05, 4.69) is 45.3 Å². The number of aryl methyl sites for hydroxylation is 1. The molecule has 21 heavy (non-hydrogen) atoms. The minimum Gasteiger partial charge on any atom is -0.365 e. The molecule has 0 saturated carbocycles. The van der Waals surface area contributed by atoms with E-state index >= 15 is 0 Å². The van der Waals surface area contributed by atoms with E-state index in [0.29, 0.717) is 0 Å². The Kier molecular flexibility index (Phi) is 5.33. The van der Waals surface area contributed by atoms with Crippen LogP contribution in [-0.4, -0.2) is 24.0 Å². The maximum atomic E-state index is 11.0. The van der Waals surface area contributed by atoms with Gasteiger partial charge >= 0.3 is 0 Å². The van der Waals surface area contributed by atoms with Crippen molar-refractivity contribution < 1.29 is 4.79 Å². The number of anilines is 1. The first-order valence-electron chi connectivity index (χ1n) is 7.08. The fraction of sp³-hybridized carbons (Fsp3) is 0.375. The number of hydrogen-bond acceptors (Lipinski definition) is 4. The standard InChI is InChI=1S/C16H21N3OS/c1-11(18-12(2)20)4-5-13-6-8-14(9-7-13)15-10-21-16(17-3)19-15/h6-11H,4-5H2,1-3H3,(H,17,19)(H,18,20)/t11-/m0/s1. The van der Waals surface area contributed by atoms with Crippen LogP contribution in [0.1, 0.15) is 25.8 Å². The minimum atomic E-state index is 0.0294. The van der Waals surface area contributed by atoms with E-state index in [1.165, 1.54) is 5.56 Å². The van der Waals surface area contributed by atoms with E-state index in [-0.39, 0.29) is 11.9 Å². The Morgan fingerprint density at radius 2 is 2.05 bits per heavy atom. The molecule has 0 aliphatic rings. The largest absolute Gasteiger partial charge is 0.365 e. The van der Waals surface area contributed by atoms with Crippen molar-refractivity contribution in [3.8, 4) is 11.3 Å². The number of benzene rings is 1.